The van der Waals surface area contributed by atoms with Crippen LogP contribution in [0.15, 0.2) is 0 Å². The molecule has 0 spiro atoms. The maximum Gasteiger partial charge on any atom is 0.184 e. The van der Waals surface area contributed by atoms with Gasteiger partial charge in [0.15, 0.2) is 5.79 Å². The van der Waals surface area contributed by atoms with Crippen molar-refractivity contribution in [3.63, 3.8) is 0 Å². The van der Waals surface area contributed by atoms with Crippen molar-refractivity contribution in [1.29, 1.82) is 0 Å². The molecule has 13 atom stereocenters. The zero-order chi connectivity index (χ0) is 23.2. The molecule has 0 radical (unpaired) electrons. The number of fused-ring (bicyclic) bond motifs is 8. The summed E-state index contributed by atoms with van der Waals surface area (Å²) in [7, 11) is 0. The summed E-state index contributed by atoms with van der Waals surface area (Å²) in [5.74, 6) is 4.61. The van der Waals surface area contributed by atoms with Crippen molar-refractivity contribution in [3.05, 3.63) is 0 Å². The molecule has 33 heavy (non-hydrogen) atoms. The van der Waals surface area contributed by atoms with Crippen molar-refractivity contribution in [1.82, 2.24) is 5.32 Å². The first-order chi connectivity index (χ1) is 15.7. The Bertz CT molecular complexity index is 759. The van der Waals surface area contributed by atoms with Gasteiger partial charge in [0.25, 0.3) is 0 Å². The van der Waals surface area contributed by atoms with E-state index < -0.39 is 5.79 Å². The van der Waals surface area contributed by atoms with Gasteiger partial charge in [-0.15, -0.1) is 0 Å². The van der Waals surface area contributed by atoms with E-state index in [1.165, 1.54) is 38.5 Å². The molecule has 0 aromatic carbocycles. The Kier molecular flexibility index (Phi) is 5.58. The van der Waals surface area contributed by atoms with E-state index in [0.29, 0.717) is 40.7 Å². The number of nitrogens with one attached hydrogen (secondary N) is 1. The van der Waals surface area contributed by atoms with Gasteiger partial charge in [0.2, 0.25) is 0 Å². The molecule has 2 heterocycles. The van der Waals surface area contributed by atoms with Crippen molar-refractivity contribution in [2.45, 2.75) is 116 Å². The van der Waals surface area contributed by atoms with Crippen LogP contribution in [-0.4, -0.2) is 42.3 Å². The molecule has 2 N–H and O–H groups in total. The highest BCUT2D eigenvalue weighted by Gasteiger charge is 2.68. The molecule has 2 aliphatic heterocycles. The third kappa shape index (κ3) is 3.22. The summed E-state index contributed by atoms with van der Waals surface area (Å²) >= 11 is 0. The number of hydrogen-bond donors (Lipinski definition) is 2. The Morgan fingerprint density at radius 2 is 1.79 bits per heavy atom. The van der Waals surface area contributed by atoms with Crippen molar-refractivity contribution < 1.29 is 14.6 Å². The first-order valence-corrected chi connectivity index (χ1v) is 14.4. The molecule has 4 saturated carbocycles. The summed E-state index contributed by atoms with van der Waals surface area (Å²) in [4.78, 5) is 0. The van der Waals surface area contributed by atoms with Crippen LogP contribution >= 0.6 is 0 Å². The van der Waals surface area contributed by atoms with E-state index in [4.69, 9.17) is 9.47 Å². The van der Waals surface area contributed by atoms with Gasteiger partial charge in [-0.25, -0.2) is 0 Å². The number of hydrogen-bond acceptors (Lipinski definition) is 4. The highest BCUT2D eigenvalue weighted by Crippen LogP contribution is 2.70. The normalized spacial score (nSPS) is 60.2. The second kappa shape index (κ2) is 7.92. The lowest BCUT2D eigenvalue weighted by Crippen LogP contribution is -2.69. The summed E-state index contributed by atoms with van der Waals surface area (Å²) in [5.41, 5.74) is 0.840. The second-order valence-electron chi connectivity index (χ2n) is 13.8. The molecule has 4 aliphatic carbocycles. The van der Waals surface area contributed by atoms with Crippen LogP contribution in [0.1, 0.15) is 92.4 Å². The van der Waals surface area contributed by atoms with Crippen LogP contribution in [0.25, 0.3) is 0 Å². The smallest absolute Gasteiger partial charge is 0.184 e. The molecule has 6 rings (SSSR count). The van der Waals surface area contributed by atoms with Crippen molar-refractivity contribution in [3.8, 4) is 0 Å². The molecule has 2 saturated heterocycles. The predicted octanol–water partition coefficient (Wildman–Crippen LogP) is 5.38. The Morgan fingerprint density at radius 3 is 2.58 bits per heavy atom. The minimum Gasteiger partial charge on any atom is -0.393 e. The molecule has 0 bridgehead atoms. The SMILES string of the molecule is CCOC12CC(C)CNC1C(C)C1C(CC3C4CCC5CC(O)CCC5(C)C4CCC31C)O2. The van der Waals surface area contributed by atoms with Gasteiger partial charge in [0.1, 0.15) is 0 Å². The molecular weight excluding hydrogens is 410 g/mol. The standard InChI is InChI=1S/C29H49NO3/c1-6-32-29-15-17(2)16-30-26(29)18(3)25-24(33-29)14-23-21-8-7-19-13-20(31)9-11-27(19,4)22(21)10-12-28(23,25)5/h17-26,30-31H,6-16H2,1-5H3. The van der Waals surface area contributed by atoms with Crippen molar-refractivity contribution in [2.75, 3.05) is 13.2 Å². The van der Waals surface area contributed by atoms with E-state index in [0.717, 1.165) is 56.1 Å². The highest BCUT2D eigenvalue weighted by molar-refractivity contribution is 5.16. The van der Waals surface area contributed by atoms with E-state index in [9.17, 15) is 5.11 Å². The number of rotatable bonds is 2. The van der Waals surface area contributed by atoms with Gasteiger partial charge < -0.3 is 19.9 Å². The number of aliphatic hydroxyl groups excluding tert-OH is 1. The molecule has 188 valence electrons. The van der Waals surface area contributed by atoms with Gasteiger partial charge in [-0.2, -0.15) is 0 Å². The lowest BCUT2D eigenvalue weighted by molar-refractivity contribution is -0.329. The lowest BCUT2D eigenvalue weighted by atomic mass is 9.44. The van der Waals surface area contributed by atoms with Crippen LogP contribution in [0.5, 0.6) is 0 Å². The van der Waals surface area contributed by atoms with Crippen LogP contribution in [-0.2, 0) is 9.47 Å². The summed E-state index contributed by atoms with van der Waals surface area (Å²) in [6.45, 7) is 14.1. The van der Waals surface area contributed by atoms with Gasteiger partial charge in [0.05, 0.1) is 18.2 Å². The topological polar surface area (TPSA) is 50.7 Å². The van der Waals surface area contributed by atoms with E-state index in [2.05, 4.69) is 39.9 Å². The average molecular weight is 460 g/mol. The van der Waals surface area contributed by atoms with Crippen molar-refractivity contribution in [2.24, 2.45) is 52.3 Å². The van der Waals surface area contributed by atoms with Crippen LogP contribution in [0.4, 0.5) is 0 Å². The first kappa shape index (κ1) is 23.3. The Morgan fingerprint density at radius 1 is 1.00 bits per heavy atom. The van der Waals surface area contributed by atoms with Crippen LogP contribution in [0.2, 0.25) is 0 Å². The number of ether oxygens (including phenoxy) is 2. The monoisotopic (exact) mass is 459 g/mol. The zero-order valence-electron chi connectivity index (χ0n) is 21.8. The van der Waals surface area contributed by atoms with Gasteiger partial charge >= 0.3 is 0 Å². The predicted molar refractivity (Wildman–Crippen MR) is 131 cm³/mol. The van der Waals surface area contributed by atoms with Crippen LogP contribution in [0, 0.1) is 52.3 Å². The minimum atomic E-state index is -0.431. The fraction of sp³-hybridized carbons (Fsp3) is 1.00. The molecule has 0 amide bonds. The molecule has 4 nitrogen and oxygen atoms in total. The molecule has 0 aromatic heterocycles. The summed E-state index contributed by atoms with van der Waals surface area (Å²) in [5, 5.41) is 14.3. The van der Waals surface area contributed by atoms with Gasteiger partial charge in [-0.1, -0.05) is 27.7 Å². The molecule has 4 heteroatoms. The van der Waals surface area contributed by atoms with Gasteiger partial charge in [0, 0.05) is 13.0 Å². The van der Waals surface area contributed by atoms with E-state index in [-0.39, 0.29) is 6.10 Å². The van der Waals surface area contributed by atoms with Gasteiger partial charge in [-0.3, -0.25) is 0 Å². The van der Waals surface area contributed by atoms with Gasteiger partial charge in [-0.05, 0) is 117 Å². The van der Waals surface area contributed by atoms with E-state index in [1.54, 1.807) is 0 Å². The Hall–Kier alpha value is -0.160. The molecule has 6 aliphatic rings. The zero-order valence-corrected chi connectivity index (χ0v) is 21.8. The fourth-order valence-electron chi connectivity index (χ4n) is 11.1. The van der Waals surface area contributed by atoms with E-state index in [1.807, 2.05) is 0 Å². The highest BCUT2D eigenvalue weighted by atomic mass is 16.7. The van der Waals surface area contributed by atoms with E-state index >= 15 is 0 Å². The molecule has 13 unspecified atom stereocenters. The maximum absolute atomic E-state index is 10.4. The molecule has 6 fully saturated rings. The minimum absolute atomic E-state index is 0.0509. The molecular formula is C29H49NO3. The van der Waals surface area contributed by atoms with Crippen LogP contribution < -0.4 is 5.32 Å². The quantitative estimate of drug-likeness (QED) is 0.582. The fourth-order valence-corrected chi connectivity index (χ4v) is 11.1. The lowest BCUT2D eigenvalue weighted by Gasteiger charge is -2.62. The molecule has 0 aromatic rings. The average Bonchev–Trinajstić information content (AvgIpc) is 3.06. The summed E-state index contributed by atoms with van der Waals surface area (Å²) < 4.78 is 13.7. The first-order valence-electron chi connectivity index (χ1n) is 14.4. The Labute approximate surface area is 201 Å². The third-order valence-electron chi connectivity index (χ3n) is 12.3. The van der Waals surface area contributed by atoms with Crippen molar-refractivity contribution >= 4 is 0 Å². The summed E-state index contributed by atoms with van der Waals surface area (Å²) in [6.07, 6.45) is 11.3. The number of piperidine rings is 1. The van der Waals surface area contributed by atoms with Crippen LogP contribution in [0.3, 0.4) is 0 Å². The maximum atomic E-state index is 10.4. The summed E-state index contributed by atoms with van der Waals surface area (Å²) in [6, 6.07) is 0.316. The largest absolute Gasteiger partial charge is 0.393 e. The second-order valence-corrected chi connectivity index (χ2v) is 13.8. The third-order valence-corrected chi connectivity index (χ3v) is 12.3. The Balaban J connectivity index is 1.30. The number of aliphatic hydroxyl groups is 1.